The third kappa shape index (κ3) is 4.05. The van der Waals surface area contributed by atoms with Crippen molar-refractivity contribution in [1.29, 1.82) is 0 Å². The van der Waals surface area contributed by atoms with Gasteiger partial charge < -0.3 is 33.9 Å². The summed E-state index contributed by atoms with van der Waals surface area (Å²) in [6.45, 7) is 7.99. The highest BCUT2D eigenvalue weighted by Gasteiger charge is 2.89. The summed E-state index contributed by atoms with van der Waals surface area (Å²) in [4.78, 5) is 55.0. The average Bonchev–Trinajstić information content (AvgIpc) is 2.98. The Hall–Kier alpha value is -2.77. The molecule has 0 amide bonds. The van der Waals surface area contributed by atoms with Crippen molar-refractivity contribution in [1.82, 2.24) is 0 Å². The number of carbonyl (C=O) groups is 4. The smallest absolute Gasteiger partial charge is 0.367 e. The minimum atomic E-state index is -1.96. The van der Waals surface area contributed by atoms with Gasteiger partial charge in [-0.1, -0.05) is 32.0 Å². The van der Waals surface area contributed by atoms with Gasteiger partial charge in [0.2, 0.25) is 0 Å². The fraction of sp³-hybridized carbons (Fsp3) is 0.636. The molecule has 244 valence electrons. The molecule has 2 N–H and O–H groups in total. The molecular weight excluding hydrogens is 604 g/mol. The van der Waals surface area contributed by atoms with Gasteiger partial charge in [0, 0.05) is 44.5 Å². The van der Waals surface area contributed by atoms with Crippen LogP contribution in [0.1, 0.15) is 64.2 Å². The van der Waals surface area contributed by atoms with Gasteiger partial charge in [-0.05, 0) is 48.9 Å². The van der Waals surface area contributed by atoms with Gasteiger partial charge in [-0.25, -0.2) is 9.59 Å². The van der Waals surface area contributed by atoms with Crippen LogP contribution in [-0.2, 0) is 33.3 Å². The zero-order chi connectivity index (χ0) is 32.7. The van der Waals surface area contributed by atoms with E-state index in [1.807, 2.05) is 0 Å². The van der Waals surface area contributed by atoms with Crippen molar-refractivity contribution in [2.24, 2.45) is 16.7 Å². The average molecular weight is 645 g/mol. The lowest BCUT2D eigenvalue weighted by Crippen LogP contribution is -2.91. The minimum absolute atomic E-state index is 0.0114. The number of carbonyl (C=O) groups excluding carboxylic acids is 4. The van der Waals surface area contributed by atoms with Crippen molar-refractivity contribution in [3.05, 3.63) is 47.0 Å². The van der Waals surface area contributed by atoms with E-state index in [2.05, 4.69) is 0 Å². The zero-order valence-electron chi connectivity index (χ0n) is 26.3. The van der Waals surface area contributed by atoms with Gasteiger partial charge in [0.1, 0.15) is 23.9 Å². The van der Waals surface area contributed by atoms with Crippen molar-refractivity contribution in [2.75, 3.05) is 19.5 Å². The van der Waals surface area contributed by atoms with E-state index in [4.69, 9.17) is 23.7 Å². The molecular formula is C33H40O11S. The molecule has 10 atom stereocenters. The first-order chi connectivity index (χ1) is 21.2. The van der Waals surface area contributed by atoms with Crippen molar-refractivity contribution in [3.63, 3.8) is 0 Å². The number of methoxy groups -OCH3 is 1. The minimum Gasteiger partial charge on any atom is -0.453 e. The van der Waals surface area contributed by atoms with Gasteiger partial charge in [0.05, 0.1) is 29.6 Å². The first-order valence-electron chi connectivity index (χ1n) is 15.3. The van der Waals surface area contributed by atoms with Gasteiger partial charge in [0.25, 0.3) is 0 Å². The van der Waals surface area contributed by atoms with Crippen molar-refractivity contribution >= 4 is 34.8 Å². The Morgan fingerprint density at radius 2 is 1.82 bits per heavy atom. The maximum Gasteiger partial charge on any atom is 0.367 e. The molecule has 1 aromatic carbocycles. The number of esters is 2. The topological polar surface area (TPSA) is 155 Å². The van der Waals surface area contributed by atoms with Crippen molar-refractivity contribution < 1.29 is 53.1 Å². The third-order valence-corrected chi connectivity index (χ3v) is 11.9. The molecule has 12 heteroatoms. The molecule has 5 aliphatic carbocycles. The largest absolute Gasteiger partial charge is 0.453 e. The lowest BCUT2D eigenvalue weighted by atomic mass is 9.31. The Morgan fingerprint density at radius 1 is 1.13 bits per heavy atom. The van der Waals surface area contributed by atoms with Crippen LogP contribution in [0.4, 0.5) is 4.79 Å². The summed E-state index contributed by atoms with van der Waals surface area (Å²) < 4.78 is 30.5. The van der Waals surface area contributed by atoms with E-state index in [9.17, 15) is 24.6 Å². The second kappa shape index (κ2) is 10.6. The predicted molar refractivity (Wildman–Crippen MR) is 160 cm³/mol. The van der Waals surface area contributed by atoms with E-state index in [-0.39, 0.29) is 31.4 Å². The zero-order valence-corrected chi connectivity index (χ0v) is 27.1. The Kier molecular flexibility index (Phi) is 7.60. The highest BCUT2D eigenvalue weighted by atomic mass is 32.2. The summed E-state index contributed by atoms with van der Waals surface area (Å²) in [7, 11) is 1.38. The quantitative estimate of drug-likeness (QED) is 0.265. The van der Waals surface area contributed by atoms with Crippen molar-refractivity contribution in [3.8, 4) is 0 Å². The molecule has 1 heterocycles. The summed E-state index contributed by atoms with van der Waals surface area (Å²) in [6, 6.07) is 8.25. The van der Waals surface area contributed by atoms with Crippen LogP contribution in [0.25, 0.3) is 0 Å². The van der Waals surface area contributed by atoms with Crippen LogP contribution in [0.5, 0.6) is 0 Å². The number of aliphatic hydroxyl groups is 2. The van der Waals surface area contributed by atoms with Crippen molar-refractivity contribution in [2.45, 2.75) is 95.1 Å². The first-order valence-corrected chi connectivity index (χ1v) is 16.3. The number of rotatable bonds is 6. The summed E-state index contributed by atoms with van der Waals surface area (Å²) in [5.74, 6) is -2.75. The molecule has 0 radical (unpaired) electrons. The lowest BCUT2D eigenvalue weighted by Gasteiger charge is -2.78. The normalized spacial score (nSPS) is 42.9. The number of fused-ring (bicyclic) bond motifs is 2. The third-order valence-electron chi connectivity index (χ3n) is 11.3. The van der Waals surface area contributed by atoms with Gasteiger partial charge >= 0.3 is 17.2 Å². The number of aliphatic hydroxyl groups excluding tert-OH is 1. The number of benzene rings is 1. The van der Waals surface area contributed by atoms with Crippen LogP contribution in [-0.4, -0.2) is 93.9 Å². The second-order valence-corrected chi connectivity index (χ2v) is 14.6. The van der Waals surface area contributed by atoms with Gasteiger partial charge in [-0.15, -0.1) is 0 Å². The maximum atomic E-state index is 15.2. The van der Waals surface area contributed by atoms with Crippen LogP contribution in [0, 0.1) is 16.7 Å². The number of ether oxygens (including phenoxy) is 5. The standard InChI is InChI=1S/C33H40O11S/c1-7-45-28(38)42-21-13-22-31(16-41-22,43-18(3)34)27-30(21,5)25(36)24(40-6)23-17(2)20(35)14-33(39)29(23,4)15-32(27,33)44-26(37)19-11-9-8-10-12-19/h8-12,20-22,24,27,35,39H,7,13-16H2,1-6H3/t20-,21-,22+,24+,27-,29-,30-,31-,32+,33-/m0/s1. The van der Waals surface area contributed by atoms with Gasteiger partial charge in [-0.3, -0.25) is 9.59 Å². The van der Waals surface area contributed by atoms with E-state index < -0.39 is 81.0 Å². The first kappa shape index (κ1) is 32.2. The van der Waals surface area contributed by atoms with Crippen LogP contribution in [0.3, 0.4) is 0 Å². The van der Waals surface area contributed by atoms with Crippen LogP contribution < -0.4 is 0 Å². The SMILES string of the molecule is CCSC(=O)O[C@H]1C[C@H]2OC[C@@]2(OC(C)=O)[C@@H]2[C@]1(C)C(=O)[C@H](OC)C1=C(C)[C@@H](O)C[C@]3(O)[C@@]1(C)C[C@@]23OC(=O)c1ccccc1. The van der Waals surface area contributed by atoms with Crippen LogP contribution in [0.2, 0.25) is 0 Å². The molecule has 6 aliphatic rings. The Morgan fingerprint density at radius 3 is 2.40 bits per heavy atom. The number of hydrogen-bond donors (Lipinski definition) is 2. The molecule has 1 saturated heterocycles. The number of ketones is 1. The van der Waals surface area contributed by atoms with Gasteiger partial charge in [0.15, 0.2) is 17.0 Å². The van der Waals surface area contributed by atoms with Crippen LogP contribution in [0.15, 0.2) is 41.5 Å². The summed E-state index contributed by atoms with van der Waals surface area (Å²) in [5.41, 5.74) is -7.20. The number of Topliss-reactive ketones (excluding diaryl/α,β-unsaturated/α-hetero) is 1. The van der Waals surface area contributed by atoms with Crippen LogP contribution >= 0.6 is 11.8 Å². The van der Waals surface area contributed by atoms with E-state index in [0.29, 0.717) is 16.9 Å². The summed E-state index contributed by atoms with van der Waals surface area (Å²) >= 11 is 0.937. The van der Waals surface area contributed by atoms with E-state index in [0.717, 1.165) is 11.8 Å². The fourth-order valence-electron chi connectivity index (χ4n) is 9.47. The highest BCUT2D eigenvalue weighted by Crippen LogP contribution is 2.76. The Labute approximate surface area is 265 Å². The molecule has 4 saturated carbocycles. The molecule has 4 bridgehead atoms. The number of hydrogen-bond acceptors (Lipinski definition) is 12. The molecule has 1 aliphatic heterocycles. The van der Waals surface area contributed by atoms with E-state index >= 15 is 4.79 Å². The molecule has 7 rings (SSSR count). The van der Waals surface area contributed by atoms with E-state index in [1.54, 1.807) is 58.0 Å². The Balaban J connectivity index is 1.66. The van der Waals surface area contributed by atoms with E-state index in [1.165, 1.54) is 14.0 Å². The Bertz CT molecular complexity index is 1480. The highest BCUT2D eigenvalue weighted by molar-refractivity contribution is 8.13. The summed E-state index contributed by atoms with van der Waals surface area (Å²) in [6.07, 6.45) is -4.61. The maximum absolute atomic E-state index is 15.2. The number of thioether (sulfide) groups is 1. The molecule has 11 nitrogen and oxygen atoms in total. The molecule has 0 unspecified atom stereocenters. The lowest BCUT2D eigenvalue weighted by molar-refractivity contribution is -0.403. The predicted octanol–water partition coefficient (Wildman–Crippen LogP) is 3.39. The summed E-state index contributed by atoms with van der Waals surface area (Å²) in [5, 5.41) is 23.9. The monoisotopic (exact) mass is 644 g/mol. The molecule has 5 fully saturated rings. The fourth-order valence-corrected chi connectivity index (χ4v) is 9.89. The second-order valence-electron chi connectivity index (χ2n) is 13.4. The molecule has 1 aromatic rings. The molecule has 0 spiro atoms. The molecule has 0 aromatic heterocycles. The van der Waals surface area contributed by atoms with Gasteiger partial charge in [-0.2, -0.15) is 0 Å². The molecule has 45 heavy (non-hydrogen) atoms.